The Labute approximate surface area is 172 Å². The quantitative estimate of drug-likeness (QED) is 0.225. The Morgan fingerprint density at radius 1 is 0.929 bits per heavy atom. The van der Waals surface area contributed by atoms with Crippen molar-refractivity contribution in [3.8, 4) is 0 Å². The van der Waals surface area contributed by atoms with Gasteiger partial charge in [0.05, 0.1) is 18.8 Å². The zero-order valence-corrected chi connectivity index (χ0v) is 18.2. The molecule has 0 aliphatic rings. The van der Waals surface area contributed by atoms with Crippen LogP contribution in [0.3, 0.4) is 0 Å². The van der Waals surface area contributed by atoms with Crippen molar-refractivity contribution < 1.29 is 9.53 Å². The molecule has 0 N–H and O–H groups in total. The van der Waals surface area contributed by atoms with E-state index in [0.29, 0.717) is 29.2 Å². The Hall–Kier alpha value is -1.77. The predicted molar refractivity (Wildman–Crippen MR) is 105 cm³/mol. The van der Waals surface area contributed by atoms with Crippen molar-refractivity contribution in [1.82, 2.24) is 50.2 Å². The minimum absolute atomic E-state index is 0.160. The second-order valence-corrected chi connectivity index (χ2v) is 8.34. The molecule has 156 valence electrons. The topological polar surface area (TPSA) is 120 Å². The van der Waals surface area contributed by atoms with E-state index in [0.717, 1.165) is 13.1 Å². The van der Waals surface area contributed by atoms with E-state index < -0.39 is 0 Å². The molecule has 0 aliphatic carbocycles. The molecule has 28 heavy (non-hydrogen) atoms. The van der Waals surface area contributed by atoms with Crippen molar-refractivity contribution in [1.29, 1.82) is 0 Å². The fourth-order valence-electron chi connectivity index (χ4n) is 1.92. The first kappa shape index (κ1) is 22.5. The SMILES string of the molecule is CN(C)CCn1nnnc1SCCOC(=O)CSc1nnnn1CCN(C)C. The number of thioether (sulfide) groups is 2. The second kappa shape index (κ2) is 11.9. The summed E-state index contributed by atoms with van der Waals surface area (Å²) in [6, 6.07) is 0. The first-order chi connectivity index (χ1) is 13.5. The lowest BCUT2D eigenvalue weighted by Crippen LogP contribution is -2.20. The number of rotatable bonds is 13. The summed E-state index contributed by atoms with van der Waals surface area (Å²) in [6.45, 7) is 3.32. The molecule has 2 rings (SSSR count). The van der Waals surface area contributed by atoms with Gasteiger partial charge in [0.15, 0.2) is 0 Å². The molecular weight excluding hydrogens is 404 g/mol. The van der Waals surface area contributed by atoms with E-state index in [1.54, 1.807) is 9.36 Å². The summed E-state index contributed by atoms with van der Waals surface area (Å²) in [5.74, 6) is 0.437. The third kappa shape index (κ3) is 8.08. The van der Waals surface area contributed by atoms with E-state index in [2.05, 4.69) is 36.0 Å². The number of aromatic nitrogens is 8. The summed E-state index contributed by atoms with van der Waals surface area (Å²) >= 11 is 2.73. The molecule has 0 atom stereocenters. The van der Waals surface area contributed by atoms with Gasteiger partial charge in [-0.1, -0.05) is 23.5 Å². The molecule has 2 aromatic rings. The molecule has 0 fully saturated rings. The van der Waals surface area contributed by atoms with Crippen LogP contribution >= 0.6 is 23.5 Å². The van der Waals surface area contributed by atoms with Gasteiger partial charge < -0.3 is 14.5 Å². The van der Waals surface area contributed by atoms with E-state index in [-0.39, 0.29) is 18.3 Å². The fourth-order valence-corrected chi connectivity index (χ4v) is 3.35. The van der Waals surface area contributed by atoms with Crippen LogP contribution in [0, 0.1) is 0 Å². The highest BCUT2D eigenvalue weighted by molar-refractivity contribution is 7.99. The number of tetrazole rings is 2. The van der Waals surface area contributed by atoms with Crippen molar-refractivity contribution in [2.75, 3.05) is 59.4 Å². The molecule has 2 aromatic heterocycles. The maximum absolute atomic E-state index is 11.9. The summed E-state index contributed by atoms with van der Waals surface area (Å²) in [4.78, 5) is 16.0. The van der Waals surface area contributed by atoms with Crippen LogP contribution in [0.15, 0.2) is 10.3 Å². The van der Waals surface area contributed by atoms with Gasteiger partial charge >= 0.3 is 5.97 Å². The Morgan fingerprint density at radius 3 is 2.00 bits per heavy atom. The monoisotopic (exact) mass is 430 g/mol. The Kier molecular flexibility index (Phi) is 9.60. The van der Waals surface area contributed by atoms with Crippen LogP contribution in [-0.4, -0.2) is 116 Å². The number of likely N-dealkylation sites (N-methyl/N-ethyl adjacent to an activating group) is 2. The van der Waals surface area contributed by atoms with Crippen LogP contribution in [0.2, 0.25) is 0 Å². The molecule has 0 amide bonds. The molecule has 0 saturated carbocycles. The molecule has 0 unspecified atom stereocenters. The highest BCUT2D eigenvalue weighted by atomic mass is 32.2. The lowest BCUT2D eigenvalue weighted by atomic mass is 10.6. The van der Waals surface area contributed by atoms with Crippen molar-refractivity contribution in [2.24, 2.45) is 0 Å². The maximum Gasteiger partial charge on any atom is 0.316 e. The fraction of sp³-hybridized carbons (Fsp3) is 0.786. The van der Waals surface area contributed by atoms with Crippen LogP contribution < -0.4 is 0 Å². The highest BCUT2D eigenvalue weighted by Gasteiger charge is 2.12. The van der Waals surface area contributed by atoms with Gasteiger partial charge in [-0.25, -0.2) is 9.36 Å². The minimum Gasteiger partial charge on any atom is -0.464 e. The molecular formula is C14H26N10O2S2. The molecule has 2 heterocycles. The molecule has 0 radical (unpaired) electrons. The van der Waals surface area contributed by atoms with Gasteiger partial charge in [-0.15, -0.1) is 10.2 Å². The molecule has 0 spiro atoms. The van der Waals surface area contributed by atoms with Crippen LogP contribution in [0.25, 0.3) is 0 Å². The Balaban J connectivity index is 1.65. The van der Waals surface area contributed by atoms with Crippen LogP contribution in [0.4, 0.5) is 0 Å². The van der Waals surface area contributed by atoms with E-state index in [4.69, 9.17) is 4.74 Å². The first-order valence-electron chi connectivity index (χ1n) is 8.68. The average molecular weight is 431 g/mol. The van der Waals surface area contributed by atoms with Gasteiger partial charge in [0.1, 0.15) is 6.61 Å². The van der Waals surface area contributed by atoms with Gasteiger partial charge in [0.25, 0.3) is 0 Å². The van der Waals surface area contributed by atoms with Gasteiger partial charge in [-0.05, 0) is 49.0 Å². The zero-order valence-electron chi connectivity index (χ0n) is 16.6. The van der Waals surface area contributed by atoms with Crippen LogP contribution in [0.1, 0.15) is 0 Å². The Morgan fingerprint density at radius 2 is 1.46 bits per heavy atom. The number of ether oxygens (including phenoxy) is 1. The lowest BCUT2D eigenvalue weighted by Gasteiger charge is -2.10. The first-order valence-corrected chi connectivity index (χ1v) is 10.7. The van der Waals surface area contributed by atoms with E-state index in [1.165, 1.54) is 23.5 Å². The number of esters is 1. The maximum atomic E-state index is 11.9. The van der Waals surface area contributed by atoms with Gasteiger partial charge in [0.2, 0.25) is 10.3 Å². The highest BCUT2D eigenvalue weighted by Crippen LogP contribution is 2.15. The van der Waals surface area contributed by atoms with Crippen molar-refractivity contribution >= 4 is 29.5 Å². The summed E-state index contributed by atoms with van der Waals surface area (Å²) in [5.41, 5.74) is 0. The van der Waals surface area contributed by atoms with Crippen LogP contribution in [0.5, 0.6) is 0 Å². The third-order valence-corrected chi connectivity index (χ3v) is 5.26. The number of nitrogens with zero attached hydrogens (tertiary/aromatic N) is 10. The van der Waals surface area contributed by atoms with Gasteiger partial charge in [-0.2, -0.15) is 0 Å². The summed E-state index contributed by atoms with van der Waals surface area (Å²) in [5, 5.41) is 24.5. The minimum atomic E-state index is -0.306. The number of carbonyl (C=O) groups excluding carboxylic acids is 1. The molecule has 0 aliphatic heterocycles. The Bertz CT molecular complexity index is 721. The summed E-state index contributed by atoms with van der Waals surface area (Å²) in [7, 11) is 7.95. The average Bonchev–Trinajstić information content (AvgIpc) is 3.28. The molecule has 14 heteroatoms. The summed E-state index contributed by atoms with van der Waals surface area (Å²) in [6.07, 6.45) is 0. The predicted octanol–water partition coefficient (Wildman–Crippen LogP) is -0.790. The lowest BCUT2D eigenvalue weighted by molar-refractivity contribution is -0.139. The third-order valence-electron chi connectivity index (χ3n) is 3.41. The standard InChI is InChI=1S/C14H26N10O2S2/c1-21(2)5-7-23-13(15-17-19-23)27-10-9-26-12(25)11-28-14-16-18-20-24(14)8-6-22(3)4/h5-11H2,1-4H3. The second-order valence-electron chi connectivity index (χ2n) is 6.33. The number of hydrogen-bond acceptors (Lipinski definition) is 12. The number of hydrogen-bond donors (Lipinski definition) is 0. The molecule has 0 aromatic carbocycles. The molecule has 0 saturated heterocycles. The van der Waals surface area contributed by atoms with Crippen LogP contribution in [-0.2, 0) is 22.6 Å². The van der Waals surface area contributed by atoms with Gasteiger partial charge in [0, 0.05) is 18.8 Å². The van der Waals surface area contributed by atoms with Crippen molar-refractivity contribution in [3.63, 3.8) is 0 Å². The molecule has 0 bridgehead atoms. The normalized spacial score (nSPS) is 11.5. The summed E-state index contributed by atoms with van der Waals surface area (Å²) < 4.78 is 8.69. The zero-order chi connectivity index (χ0) is 20.4. The van der Waals surface area contributed by atoms with E-state index in [1.807, 2.05) is 33.1 Å². The smallest absolute Gasteiger partial charge is 0.316 e. The van der Waals surface area contributed by atoms with Crippen molar-refractivity contribution in [3.05, 3.63) is 0 Å². The molecule has 12 nitrogen and oxygen atoms in total. The van der Waals surface area contributed by atoms with Gasteiger partial charge in [-0.3, -0.25) is 4.79 Å². The number of carbonyl (C=O) groups is 1. The largest absolute Gasteiger partial charge is 0.464 e. The van der Waals surface area contributed by atoms with Crippen molar-refractivity contribution in [2.45, 2.75) is 23.4 Å². The van der Waals surface area contributed by atoms with E-state index >= 15 is 0 Å². The van der Waals surface area contributed by atoms with E-state index in [9.17, 15) is 4.79 Å².